The second-order valence-electron chi connectivity index (χ2n) is 3.53. The largest absolute Gasteiger partial charge is 0.255 e. The molecule has 0 saturated heterocycles. The van der Waals surface area contributed by atoms with E-state index < -0.39 is 0 Å². The van der Waals surface area contributed by atoms with Crippen molar-refractivity contribution in [2.75, 3.05) is 0 Å². The third-order valence-electron chi connectivity index (χ3n) is 2.39. The summed E-state index contributed by atoms with van der Waals surface area (Å²) in [6.45, 7) is 8.06. The predicted molar refractivity (Wildman–Crippen MR) is 54.2 cm³/mol. The molecule has 0 radical (unpaired) electrons. The third kappa shape index (κ3) is 1.14. The summed E-state index contributed by atoms with van der Waals surface area (Å²) in [4.78, 5) is 0. The van der Waals surface area contributed by atoms with Gasteiger partial charge in [0, 0.05) is 11.4 Å². The fraction of sp³-hybridized carbons (Fsp3) is 0.400. The number of aromatic nitrogens is 4. The zero-order valence-corrected chi connectivity index (χ0v) is 8.94. The molecule has 0 aromatic carbocycles. The van der Waals surface area contributed by atoms with Crippen molar-refractivity contribution in [2.24, 2.45) is 0 Å². The SMILES string of the molecule is Cc1ccc(C)n1-n1c(C)nnc1C. The second-order valence-corrected chi connectivity index (χ2v) is 3.53. The van der Waals surface area contributed by atoms with Crippen LogP contribution < -0.4 is 0 Å². The molecule has 0 aliphatic carbocycles. The second kappa shape index (κ2) is 2.97. The standard InChI is InChI=1S/C10H14N4/c1-7-5-6-8(2)13(7)14-9(3)11-12-10(14)4/h5-6H,1-4H3. The van der Waals surface area contributed by atoms with Gasteiger partial charge < -0.3 is 0 Å². The van der Waals surface area contributed by atoms with Crippen LogP contribution in [0.5, 0.6) is 0 Å². The molecule has 2 rings (SSSR count). The number of aryl methyl sites for hydroxylation is 4. The lowest BCUT2D eigenvalue weighted by Gasteiger charge is -2.12. The highest BCUT2D eigenvalue weighted by Crippen LogP contribution is 2.10. The average Bonchev–Trinajstić information content (AvgIpc) is 2.60. The van der Waals surface area contributed by atoms with Crippen molar-refractivity contribution in [2.45, 2.75) is 27.7 Å². The molecule has 2 heterocycles. The summed E-state index contributed by atoms with van der Waals surface area (Å²) in [5, 5.41) is 8.09. The maximum atomic E-state index is 4.05. The Kier molecular flexibility index (Phi) is 1.91. The molecule has 14 heavy (non-hydrogen) atoms. The van der Waals surface area contributed by atoms with E-state index in [1.807, 2.05) is 18.5 Å². The van der Waals surface area contributed by atoms with E-state index in [9.17, 15) is 0 Å². The Hall–Kier alpha value is -1.58. The summed E-state index contributed by atoms with van der Waals surface area (Å²) in [7, 11) is 0. The smallest absolute Gasteiger partial charge is 0.149 e. The zero-order valence-electron chi connectivity index (χ0n) is 8.94. The highest BCUT2D eigenvalue weighted by atomic mass is 15.5. The monoisotopic (exact) mass is 190 g/mol. The van der Waals surface area contributed by atoms with E-state index in [1.54, 1.807) is 0 Å². The summed E-state index contributed by atoms with van der Waals surface area (Å²) >= 11 is 0. The van der Waals surface area contributed by atoms with Gasteiger partial charge in [0.15, 0.2) is 0 Å². The van der Waals surface area contributed by atoms with Crippen LogP contribution in [0.15, 0.2) is 12.1 Å². The lowest BCUT2D eigenvalue weighted by atomic mass is 10.5. The van der Waals surface area contributed by atoms with Crippen molar-refractivity contribution < 1.29 is 0 Å². The maximum absolute atomic E-state index is 4.05. The highest BCUT2D eigenvalue weighted by Gasteiger charge is 2.09. The number of nitrogens with zero attached hydrogens (tertiary/aromatic N) is 4. The zero-order chi connectivity index (χ0) is 10.3. The van der Waals surface area contributed by atoms with Crippen molar-refractivity contribution in [3.63, 3.8) is 0 Å². The third-order valence-corrected chi connectivity index (χ3v) is 2.39. The van der Waals surface area contributed by atoms with Crippen LogP contribution in [0.3, 0.4) is 0 Å². The molecule has 0 unspecified atom stereocenters. The molecule has 0 saturated carbocycles. The van der Waals surface area contributed by atoms with E-state index in [0.717, 1.165) is 11.6 Å². The molecule has 0 aliphatic rings. The van der Waals surface area contributed by atoms with Crippen LogP contribution in [-0.2, 0) is 0 Å². The summed E-state index contributed by atoms with van der Waals surface area (Å²) < 4.78 is 4.13. The first-order valence-corrected chi connectivity index (χ1v) is 4.65. The van der Waals surface area contributed by atoms with E-state index in [4.69, 9.17) is 0 Å². The first kappa shape index (κ1) is 8.99. The molecule has 0 N–H and O–H groups in total. The summed E-state index contributed by atoms with van der Waals surface area (Å²) in [6.07, 6.45) is 0. The van der Waals surface area contributed by atoms with Gasteiger partial charge in [-0.15, -0.1) is 10.2 Å². The minimum absolute atomic E-state index is 0.907. The van der Waals surface area contributed by atoms with Crippen molar-refractivity contribution in [3.05, 3.63) is 35.2 Å². The van der Waals surface area contributed by atoms with Crippen molar-refractivity contribution in [1.82, 2.24) is 19.5 Å². The molecule has 4 nitrogen and oxygen atoms in total. The number of hydrogen-bond acceptors (Lipinski definition) is 2. The molecule has 2 aromatic heterocycles. The highest BCUT2D eigenvalue weighted by molar-refractivity contribution is 5.15. The van der Waals surface area contributed by atoms with E-state index in [0.29, 0.717) is 0 Å². The summed E-state index contributed by atoms with van der Waals surface area (Å²) in [5.41, 5.74) is 2.38. The fourth-order valence-corrected chi connectivity index (χ4v) is 1.73. The van der Waals surface area contributed by atoms with Crippen molar-refractivity contribution in [1.29, 1.82) is 0 Å². The molecule has 0 bridgehead atoms. The molecule has 0 spiro atoms. The van der Waals surface area contributed by atoms with Gasteiger partial charge in [-0.05, 0) is 39.8 Å². The quantitative estimate of drug-likeness (QED) is 0.685. The van der Waals surface area contributed by atoms with Gasteiger partial charge in [-0.3, -0.25) is 4.68 Å². The molecule has 74 valence electrons. The molecular formula is C10H14N4. The van der Waals surface area contributed by atoms with E-state index in [-0.39, 0.29) is 0 Å². The van der Waals surface area contributed by atoms with Gasteiger partial charge in [0.2, 0.25) is 0 Å². The van der Waals surface area contributed by atoms with Crippen LogP contribution in [0.2, 0.25) is 0 Å². The van der Waals surface area contributed by atoms with Crippen LogP contribution in [0, 0.1) is 27.7 Å². The van der Waals surface area contributed by atoms with Gasteiger partial charge in [0.05, 0.1) is 0 Å². The normalized spacial score (nSPS) is 10.9. The van der Waals surface area contributed by atoms with Gasteiger partial charge in [0.1, 0.15) is 11.6 Å². The minimum atomic E-state index is 0.907. The minimum Gasteiger partial charge on any atom is -0.255 e. The van der Waals surface area contributed by atoms with Gasteiger partial charge >= 0.3 is 0 Å². The van der Waals surface area contributed by atoms with E-state index >= 15 is 0 Å². The van der Waals surface area contributed by atoms with Crippen LogP contribution in [0.25, 0.3) is 0 Å². The lowest BCUT2D eigenvalue weighted by molar-refractivity contribution is 0.586. The van der Waals surface area contributed by atoms with Gasteiger partial charge in [0.25, 0.3) is 0 Å². The van der Waals surface area contributed by atoms with E-state index in [1.165, 1.54) is 11.4 Å². The fourth-order valence-electron chi connectivity index (χ4n) is 1.73. The Bertz CT molecular complexity index is 381. The lowest BCUT2D eigenvalue weighted by Crippen LogP contribution is -2.15. The molecule has 4 heteroatoms. The summed E-state index contributed by atoms with van der Waals surface area (Å²) in [5.74, 6) is 1.81. The van der Waals surface area contributed by atoms with Crippen LogP contribution in [-0.4, -0.2) is 19.5 Å². The Morgan fingerprint density at radius 1 is 0.786 bits per heavy atom. The maximum Gasteiger partial charge on any atom is 0.149 e. The molecule has 0 atom stereocenters. The van der Waals surface area contributed by atoms with Gasteiger partial charge in [-0.1, -0.05) is 0 Å². The molecule has 0 fully saturated rings. The Balaban J connectivity index is 2.71. The van der Waals surface area contributed by atoms with Crippen LogP contribution in [0.1, 0.15) is 23.0 Å². The van der Waals surface area contributed by atoms with Gasteiger partial charge in [-0.25, -0.2) is 4.68 Å². The number of hydrogen-bond donors (Lipinski definition) is 0. The molecule has 2 aromatic rings. The van der Waals surface area contributed by atoms with Crippen LogP contribution >= 0.6 is 0 Å². The molecule has 0 amide bonds. The van der Waals surface area contributed by atoms with Crippen molar-refractivity contribution in [3.8, 4) is 0 Å². The van der Waals surface area contributed by atoms with Gasteiger partial charge in [-0.2, -0.15) is 0 Å². The predicted octanol–water partition coefficient (Wildman–Crippen LogP) is 1.62. The molecular weight excluding hydrogens is 176 g/mol. The topological polar surface area (TPSA) is 35.6 Å². The Morgan fingerprint density at radius 2 is 1.21 bits per heavy atom. The Labute approximate surface area is 83.2 Å². The first-order valence-electron chi connectivity index (χ1n) is 4.65. The van der Waals surface area contributed by atoms with E-state index in [2.05, 4.69) is 40.9 Å². The molecule has 0 aliphatic heterocycles. The van der Waals surface area contributed by atoms with Crippen LogP contribution in [0.4, 0.5) is 0 Å². The first-order chi connectivity index (χ1) is 6.61. The average molecular weight is 190 g/mol. The Morgan fingerprint density at radius 3 is 1.64 bits per heavy atom. The summed E-state index contributed by atoms with van der Waals surface area (Å²) in [6, 6.07) is 4.18. The number of rotatable bonds is 1. The van der Waals surface area contributed by atoms with Crippen molar-refractivity contribution >= 4 is 0 Å².